The van der Waals surface area contributed by atoms with Crippen LogP contribution in [0.2, 0.25) is 0 Å². The molecule has 0 radical (unpaired) electrons. The molecule has 0 aromatic heterocycles. The monoisotopic (exact) mass is 254 g/mol. The number of amides is 2. The second-order valence-electron chi connectivity index (χ2n) is 3.68. The summed E-state index contributed by atoms with van der Waals surface area (Å²) in [6.45, 7) is -1.15. The Morgan fingerprint density at radius 1 is 1.47 bits per heavy atom. The maximum atomic E-state index is 11.8. The second-order valence-corrected chi connectivity index (χ2v) is 3.68. The summed E-state index contributed by atoms with van der Waals surface area (Å²) in [6, 6.07) is -0.821. The first-order valence-corrected chi connectivity index (χ1v) is 5.16. The fraction of sp³-hybridized carbons (Fsp3) is 0.778. The zero-order chi connectivity index (χ0) is 12.9. The van der Waals surface area contributed by atoms with E-state index in [9.17, 15) is 22.8 Å². The van der Waals surface area contributed by atoms with Gasteiger partial charge >= 0.3 is 12.3 Å². The highest BCUT2D eigenvalue weighted by Crippen LogP contribution is 2.14. The van der Waals surface area contributed by atoms with Crippen LogP contribution in [-0.4, -0.2) is 37.4 Å². The molecule has 5 nitrogen and oxygen atoms in total. The van der Waals surface area contributed by atoms with Crippen molar-refractivity contribution in [2.24, 2.45) is 0 Å². The number of ether oxygens (including phenoxy) is 1. The Kier molecular flexibility index (Phi) is 4.59. The van der Waals surface area contributed by atoms with Crippen LogP contribution >= 0.6 is 0 Å². The Bertz CT molecular complexity index is 294. The van der Waals surface area contributed by atoms with Gasteiger partial charge in [0.05, 0.1) is 0 Å². The molecule has 1 unspecified atom stereocenters. The topological polar surface area (TPSA) is 67.4 Å². The molecule has 0 aliphatic carbocycles. The van der Waals surface area contributed by atoms with Crippen LogP contribution in [0.1, 0.15) is 19.3 Å². The lowest BCUT2D eigenvalue weighted by molar-refractivity contribution is -0.160. The summed E-state index contributed by atoms with van der Waals surface area (Å²) in [7, 11) is 0. The minimum atomic E-state index is -4.57. The van der Waals surface area contributed by atoms with E-state index in [-0.39, 0.29) is 0 Å². The van der Waals surface area contributed by atoms with Gasteiger partial charge < -0.3 is 15.4 Å². The van der Waals surface area contributed by atoms with Crippen molar-refractivity contribution < 1.29 is 27.5 Å². The highest BCUT2D eigenvalue weighted by molar-refractivity contribution is 5.85. The molecule has 17 heavy (non-hydrogen) atoms. The molecule has 0 aromatic carbocycles. The molecule has 1 fully saturated rings. The van der Waals surface area contributed by atoms with Gasteiger partial charge in [0.25, 0.3) is 0 Å². The van der Waals surface area contributed by atoms with E-state index in [4.69, 9.17) is 0 Å². The van der Waals surface area contributed by atoms with E-state index in [2.05, 4.69) is 15.4 Å². The largest absolute Gasteiger partial charge is 0.440 e. The van der Waals surface area contributed by atoms with Crippen LogP contribution in [0.4, 0.5) is 18.0 Å². The summed E-state index contributed by atoms with van der Waals surface area (Å²) >= 11 is 0. The Balaban J connectivity index is 2.36. The molecule has 1 rings (SSSR count). The van der Waals surface area contributed by atoms with Crippen LogP contribution in [0.25, 0.3) is 0 Å². The molecule has 1 atom stereocenters. The van der Waals surface area contributed by atoms with Crippen LogP contribution in [-0.2, 0) is 9.53 Å². The van der Waals surface area contributed by atoms with Crippen LogP contribution in [0.5, 0.6) is 0 Å². The highest BCUT2D eigenvalue weighted by Gasteiger charge is 2.30. The van der Waals surface area contributed by atoms with Gasteiger partial charge in [0.2, 0.25) is 5.91 Å². The molecule has 1 aliphatic rings. The molecule has 0 saturated carbocycles. The quantitative estimate of drug-likeness (QED) is 0.770. The van der Waals surface area contributed by atoms with Gasteiger partial charge in [-0.05, 0) is 19.3 Å². The number of halogens is 3. The number of alkyl halides is 3. The van der Waals surface area contributed by atoms with Crippen molar-refractivity contribution in [3.63, 3.8) is 0 Å². The molecular formula is C9H13F3N2O3. The minimum Gasteiger partial charge on any atom is -0.440 e. The van der Waals surface area contributed by atoms with E-state index in [1.54, 1.807) is 0 Å². The van der Waals surface area contributed by atoms with E-state index >= 15 is 0 Å². The maximum absolute atomic E-state index is 11.8. The lowest BCUT2D eigenvalue weighted by Gasteiger charge is -2.15. The van der Waals surface area contributed by atoms with Gasteiger partial charge in [-0.3, -0.25) is 4.79 Å². The Morgan fingerprint density at radius 2 is 2.18 bits per heavy atom. The SMILES string of the molecule is O=C(NC1CCCCNC1=O)OCC(F)(F)F. The van der Waals surface area contributed by atoms with Crippen molar-refractivity contribution >= 4 is 12.0 Å². The first-order chi connectivity index (χ1) is 7.88. The molecule has 1 heterocycles. The lowest BCUT2D eigenvalue weighted by Crippen LogP contribution is -2.46. The fourth-order valence-corrected chi connectivity index (χ4v) is 1.41. The van der Waals surface area contributed by atoms with E-state index in [0.29, 0.717) is 19.4 Å². The number of carbonyl (C=O) groups is 2. The maximum Gasteiger partial charge on any atom is 0.422 e. The first kappa shape index (κ1) is 13.6. The van der Waals surface area contributed by atoms with E-state index in [1.807, 2.05) is 0 Å². The summed E-state index contributed by atoms with van der Waals surface area (Å²) in [5.41, 5.74) is 0. The van der Waals surface area contributed by atoms with Crippen molar-refractivity contribution in [3.8, 4) is 0 Å². The van der Waals surface area contributed by atoms with Gasteiger partial charge in [0.1, 0.15) is 6.04 Å². The molecule has 1 aliphatic heterocycles. The number of hydrogen-bond donors (Lipinski definition) is 2. The smallest absolute Gasteiger partial charge is 0.422 e. The number of hydrogen-bond acceptors (Lipinski definition) is 3. The second kappa shape index (κ2) is 5.74. The van der Waals surface area contributed by atoms with Crippen molar-refractivity contribution in [1.82, 2.24) is 10.6 Å². The summed E-state index contributed by atoms with van der Waals surface area (Å²) < 4.78 is 39.2. The van der Waals surface area contributed by atoms with Gasteiger partial charge in [-0.25, -0.2) is 4.79 Å². The summed E-state index contributed by atoms with van der Waals surface area (Å²) in [5.74, 6) is -0.397. The summed E-state index contributed by atoms with van der Waals surface area (Å²) in [6.07, 6.45) is -3.91. The molecule has 0 aromatic rings. The number of nitrogens with one attached hydrogen (secondary N) is 2. The van der Waals surface area contributed by atoms with Crippen LogP contribution in [0.15, 0.2) is 0 Å². The van der Waals surface area contributed by atoms with Crippen molar-refractivity contribution in [2.45, 2.75) is 31.5 Å². The standard InChI is InChI=1S/C9H13F3N2O3/c10-9(11,12)5-17-8(16)14-6-3-1-2-4-13-7(6)15/h6H,1-5H2,(H,13,15)(H,14,16). The van der Waals surface area contributed by atoms with Gasteiger partial charge in [0, 0.05) is 6.54 Å². The zero-order valence-corrected chi connectivity index (χ0v) is 8.97. The van der Waals surface area contributed by atoms with Gasteiger partial charge in [-0.2, -0.15) is 13.2 Å². The normalized spacial score (nSPS) is 21.4. The summed E-state index contributed by atoms with van der Waals surface area (Å²) in [5, 5.41) is 4.65. The Labute approximate surface area is 95.7 Å². The number of alkyl carbamates (subject to hydrolysis) is 1. The molecule has 0 spiro atoms. The number of carbonyl (C=O) groups excluding carboxylic acids is 2. The molecular weight excluding hydrogens is 241 g/mol. The van der Waals surface area contributed by atoms with Gasteiger partial charge in [-0.15, -0.1) is 0 Å². The van der Waals surface area contributed by atoms with Crippen molar-refractivity contribution in [1.29, 1.82) is 0 Å². The van der Waals surface area contributed by atoms with Crippen molar-refractivity contribution in [2.75, 3.05) is 13.2 Å². The van der Waals surface area contributed by atoms with E-state index in [1.165, 1.54) is 0 Å². The van der Waals surface area contributed by atoms with Gasteiger partial charge in [0.15, 0.2) is 6.61 Å². The third kappa shape index (κ3) is 5.41. The average Bonchev–Trinajstić information content (AvgIpc) is 2.41. The number of rotatable bonds is 2. The zero-order valence-electron chi connectivity index (χ0n) is 8.97. The predicted molar refractivity (Wildman–Crippen MR) is 51.2 cm³/mol. The van der Waals surface area contributed by atoms with Crippen LogP contribution in [0, 0.1) is 0 Å². The third-order valence-electron chi connectivity index (χ3n) is 2.19. The molecule has 1 saturated heterocycles. The Hall–Kier alpha value is -1.47. The minimum absolute atomic E-state index is 0.396. The molecule has 2 N–H and O–H groups in total. The molecule has 2 amide bonds. The fourth-order valence-electron chi connectivity index (χ4n) is 1.41. The first-order valence-electron chi connectivity index (χ1n) is 5.16. The van der Waals surface area contributed by atoms with E-state index in [0.717, 1.165) is 6.42 Å². The highest BCUT2D eigenvalue weighted by atomic mass is 19.4. The Morgan fingerprint density at radius 3 is 2.82 bits per heavy atom. The summed E-state index contributed by atoms with van der Waals surface area (Å²) in [4.78, 5) is 22.3. The van der Waals surface area contributed by atoms with Gasteiger partial charge in [-0.1, -0.05) is 0 Å². The van der Waals surface area contributed by atoms with E-state index < -0.39 is 30.8 Å². The molecule has 8 heteroatoms. The van der Waals surface area contributed by atoms with Crippen LogP contribution < -0.4 is 10.6 Å². The average molecular weight is 254 g/mol. The third-order valence-corrected chi connectivity index (χ3v) is 2.19. The van der Waals surface area contributed by atoms with Crippen molar-refractivity contribution in [3.05, 3.63) is 0 Å². The predicted octanol–water partition coefficient (Wildman–Crippen LogP) is 0.944. The lowest BCUT2D eigenvalue weighted by atomic mass is 10.1. The molecule has 0 bridgehead atoms. The van der Waals surface area contributed by atoms with Crippen LogP contribution in [0.3, 0.4) is 0 Å². The molecule has 98 valence electrons.